The molecular weight excluding hydrogens is 350 g/mol. The van der Waals surface area contributed by atoms with Crippen molar-refractivity contribution >= 4 is 9.84 Å². The standard InChI is InChI=1S/C19H27N3O3S/c1-3-9-21(10-4-2)13-17-12-20-19(26(23,24)15-16-7-8-16)22(17)14-18-6-5-11-25-18/h1,4,12,16,18H,2,5-11,13-15H2/t18-/m0/s1. The van der Waals surface area contributed by atoms with E-state index in [1.807, 2.05) is 9.47 Å². The van der Waals surface area contributed by atoms with Gasteiger partial charge in [-0.25, -0.2) is 13.4 Å². The van der Waals surface area contributed by atoms with E-state index in [1.54, 1.807) is 12.3 Å². The highest BCUT2D eigenvalue weighted by Crippen LogP contribution is 2.32. The Labute approximate surface area is 156 Å². The third kappa shape index (κ3) is 4.76. The molecule has 6 nitrogen and oxygen atoms in total. The molecule has 0 amide bonds. The van der Waals surface area contributed by atoms with Crippen molar-refractivity contribution in [2.24, 2.45) is 5.92 Å². The fourth-order valence-corrected chi connectivity index (χ4v) is 5.19. The molecule has 1 saturated heterocycles. The van der Waals surface area contributed by atoms with Crippen molar-refractivity contribution in [3.63, 3.8) is 0 Å². The van der Waals surface area contributed by atoms with Crippen molar-refractivity contribution in [3.8, 4) is 12.3 Å². The Bertz CT molecular complexity index is 768. The van der Waals surface area contributed by atoms with Crippen molar-refractivity contribution < 1.29 is 13.2 Å². The van der Waals surface area contributed by atoms with Gasteiger partial charge in [0.1, 0.15) is 0 Å². The van der Waals surface area contributed by atoms with Crippen molar-refractivity contribution in [2.75, 3.05) is 25.4 Å². The minimum Gasteiger partial charge on any atom is -0.376 e. The number of hydrogen-bond donors (Lipinski definition) is 0. The zero-order valence-electron chi connectivity index (χ0n) is 15.1. The third-order valence-electron chi connectivity index (χ3n) is 4.83. The zero-order chi connectivity index (χ0) is 18.6. The molecule has 1 atom stereocenters. The highest BCUT2D eigenvalue weighted by atomic mass is 32.2. The van der Waals surface area contributed by atoms with Crippen LogP contribution in [0.25, 0.3) is 0 Å². The van der Waals surface area contributed by atoms with Gasteiger partial charge in [0.15, 0.2) is 0 Å². The van der Waals surface area contributed by atoms with Gasteiger partial charge in [0.25, 0.3) is 0 Å². The summed E-state index contributed by atoms with van der Waals surface area (Å²) >= 11 is 0. The van der Waals surface area contributed by atoms with Crippen LogP contribution in [0.3, 0.4) is 0 Å². The van der Waals surface area contributed by atoms with Crippen LogP contribution >= 0.6 is 0 Å². The molecule has 0 aromatic carbocycles. The van der Waals surface area contributed by atoms with E-state index >= 15 is 0 Å². The zero-order valence-corrected chi connectivity index (χ0v) is 16.0. The average molecular weight is 378 g/mol. The minimum absolute atomic E-state index is 0.0401. The number of aromatic nitrogens is 2. The molecule has 2 fully saturated rings. The number of hydrogen-bond acceptors (Lipinski definition) is 5. The van der Waals surface area contributed by atoms with E-state index in [0.717, 1.165) is 38.0 Å². The molecule has 7 heteroatoms. The summed E-state index contributed by atoms with van der Waals surface area (Å²) in [5, 5.41) is 0.175. The van der Waals surface area contributed by atoms with Crippen molar-refractivity contribution in [1.82, 2.24) is 14.5 Å². The molecule has 2 aliphatic rings. The maximum absolute atomic E-state index is 12.8. The fraction of sp³-hybridized carbons (Fsp3) is 0.632. The molecule has 1 aromatic heterocycles. The van der Waals surface area contributed by atoms with Crippen LogP contribution in [0, 0.1) is 18.3 Å². The molecule has 1 saturated carbocycles. The van der Waals surface area contributed by atoms with Crippen LogP contribution in [0.15, 0.2) is 24.0 Å². The monoisotopic (exact) mass is 377 g/mol. The lowest BCUT2D eigenvalue weighted by Crippen LogP contribution is -2.28. The van der Waals surface area contributed by atoms with E-state index in [-0.39, 0.29) is 22.9 Å². The molecule has 0 unspecified atom stereocenters. The van der Waals surface area contributed by atoms with Gasteiger partial charge < -0.3 is 9.30 Å². The molecule has 0 N–H and O–H groups in total. The number of ether oxygens (including phenoxy) is 1. The summed E-state index contributed by atoms with van der Waals surface area (Å²) in [4.78, 5) is 6.33. The molecule has 1 aliphatic carbocycles. The Kier molecular flexibility index (Phi) is 6.17. The van der Waals surface area contributed by atoms with Gasteiger partial charge in [0.05, 0.1) is 36.8 Å². The Morgan fingerprint density at radius 3 is 2.88 bits per heavy atom. The van der Waals surface area contributed by atoms with Gasteiger partial charge in [-0.15, -0.1) is 13.0 Å². The Morgan fingerprint density at radius 2 is 2.27 bits per heavy atom. The number of nitrogens with zero attached hydrogens (tertiary/aromatic N) is 3. The first-order valence-corrected chi connectivity index (χ1v) is 10.8. The number of terminal acetylenes is 1. The van der Waals surface area contributed by atoms with Crippen molar-refractivity contribution in [3.05, 3.63) is 24.5 Å². The van der Waals surface area contributed by atoms with Crippen LogP contribution < -0.4 is 0 Å². The first-order chi connectivity index (χ1) is 12.5. The predicted molar refractivity (Wildman–Crippen MR) is 100 cm³/mol. The molecule has 0 radical (unpaired) electrons. The van der Waals surface area contributed by atoms with E-state index < -0.39 is 9.84 Å². The lowest BCUT2D eigenvalue weighted by atomic mass is 10.2. The second-order valence-corrected chi connectivity index (χ2v) is 9.09. The third-order valence-corrected chi connectivity index (χ3v) is 6.62. The molecule has 0 spiro atoms. The van der Waals surface area contributed by atoms with Gasteiger partial charge in [0, 0.05) is 19.7 Å². The van der Waals surface area contributed by atoms with Gasteiger partial charge in [-0.2, -0.15) is 0 Å². The molecule has 1 aromatic rings. The number of rotatable bonds is 10. The number of imidazole rings is 1. The smallest absolute Gasteiger partial charge is 0.227 e. The normalized spacial score (nSPS) is 20.4. The van der Waals surface area contributed by atoms with E-state index in [1.165, 1.54) is 0 Å². The van der Waals surface area contributed by atoms with Crippen LogP contribution in [0.1, 0.15) is 31.4 Å². The summed E-state index contributed by atoms with van der Waals surface area (Å²) in [5.41, 5.74) is 0.854. The minimum atomic E-state index is -3.39. The average Bonchev–Trinajstić information content (AvgIpc) is 3.08. The maximum Gasteiger partial charge on any atom is 0.227 e. The highest BCUT2D eigenvalue weighted by Gasteiger charge is 2.33. The Hall–Kier alpha value is -1.62. The molecule has 1 aliphatic heterocycles. The lowest BCUT2D eigenvalue weighted by molar-refractivity contribution is 0.0934. The summed E-state index contributed by atoms with van der Waals surface area (Å²) < 4.78 is 33.3. The second-order valence-electron chi connectivity index (χ2n) is 7.16. The topological polar surface area (TPSA) is 64.4 Å². The van der Waals surface area contributed by atoms with Crippen LogP contribution in [0.2, 0.25) is 0 Å². The van der Waals surface area contributed by atoms with Crippen molar-refractivity contribution in [1.29, 1.82) is 0 Å². The number of sulfone groups is 1. The van der Waals surface area contributed by atoms with Gasteiger partial charge in [-0.05, 0) is 31.6 Å². The second kappa shape index (κ2) is 8.38. The first kappa shape index (κ1) is 19.2. The molecule has 26 heavy (non-hydrogen) atoms. The lowest BCUT2D eigenvalue weighted by Gasteiger charge is -2.21. The van der Waals surface area contributed by atoms with E-state index in [4.69, 9.17) is 11.2 Å². The van der Waals surface area contributed by atoms with Gasteiger partial charge in [0.2, 0.25) is 15.0 Å². The largest absolute Gasteiger partial charge is 0.376 e. The van der Waals surface area contributed by atoms with Gasteiger partial charge in [-0.1, -0.05) is 12.0 Å². The van der Waals surface area contributed by atoms with Crippen LogP contribution in [-0.2, 0) is 27.7 Å². The van der Waals surface area contributed by atoms with Gasteiger partial charge in [-0.3, -0.25) is 4.90 Å². The summed E-state index contributed by atoms with van der Waals surface area (Å²) in [6.45, 7) is 6.67. The van der Waals surface area contributed by atoms with Crippen LogP contribution in [0.4, 0.5) is 0 Å². The van der Waals surface area contributed by atoms with E-state index in [9.17, 15) is 8.42 Å². The van der Waals surface area contributed by atoms with Gasteiger partial charge >= 0.3 is 0 Å². The molecule has 3 rings (SSSR count). The highest BCUT2D eigenvalue weighted by molar-refractivity contribution is 7.91. The maximum atomic E-state index is 12.8. The molecule has 142 valence electrons. The summed E-state index contributed by atoms with van der Waals surface area (Å²) in [6, 6.07) is 0. The quantitative estimate of drug-likeness (QED) is 0.460. The summed E-state index contributed by atoms with van der Waals surface area (Å²) in [6.07, 6.45) is 12.9. The Balaban J connectivity index is 1.87. The van der Waals surface area contributed by atoms with E-state index in [2.05, 4.69) is 17.5 Å². The molecule has 2 heterocycles. The summed E-state index contributed by atoms with van der Waals surface area (Å²) in [5.74, 6) is 3.12. The predicted octanol–water partition coefficient (Wildman–Crippen LogP) is 1.87. The SMILES string of the molecule is C#CCN(CC=C)Cc1cnc(S(=O)(=O)CC2CC2)n1C[C@@H]1CCCO1. The van der Waals surface area contributed by atoms with E-state index in [0.29, 0.717) is 26.2 Å². The van der Waals surface area contributed by atoms with Crippen LogP contribution in [0.5, 0.6) is 0 Å². The molecule has 0 bridgehead atoms. The Morgan fingerprint density at radius 1 is 1.46 bits per heavy atom. The summed E-state index contributed by atoms with van der Waals surface area (Å²) in [7, 11) is -3.39. The van der Waals surface area contributed by atoms with Crippen LogP contribution in [-0.4, -0.2) is 54.4 Å². The fourth-order valence-electron chi connectivity index (χ4n) is 3.35. The first-order valence-electron chi connectivity index (χ1n) is 9.19. The molecular formula is C19H27N3O3S. The van der Waals surface area contributed by atoms with Crippen molar-refractivity contribution in [2.45, 2.75) is 50.0 Å².